The van der Waals surface area contributed by atoms with Crippen molar-refractivity contribution in [1.82, 2.24) is 0 Å². The zero-order chi connectivity index (χ0) is 7.72. The molecule has 10 heavy (non-hydrogen) atoms. The van der Waals surface area contributed by atoms with Gasteiger partial charge in [0, 0.05) is 9.65 Å². The number of hydrogen-bond donors (Lipinski definition) is 2. The molecule has 4 atom stereocenters. The Bertz CT molecular complexity index is 94.3. The molecular formula is C6H10Br2O2. The molecule has 0 aromatic carbocycles. The minimum absolute atomic E-state index is 0.283. The van der Waals surface area contributed by atoms with Crippen LogP contribution in [-0.4, -0.2) is 32.1 Å². The summed E-state index contributed by atoms with van der Waals surface area (Å²) in [7, 11) is 0. The van der Waals surface area contributed by atoms with Crippen LogP contribution in [0.1, 0.15) is 12.8 Å². The van der Waals surface area contributed by atoms with Crippen molar-refractivity contribution >= 4 is 31.9 Å². The van der Waals surface area contributed by atoms with Gasteiger partial charge in [0.15, 0.2) is 0 Å². The summed E-state index contributed by atoms with van der Waals surface area (Å²) in [5, 5.41) is 18.3. The molecule has 1 rings (SSSR count). The van der Waals surface area contributed by atoms with Crippen molar-refractivity contribution < 1.29 is 10.2 Å². The van der Waals surface area contributed by atoms with Crippen LogP contribution in [0.15, 0.2) is 0 Å². The lowest BCUT2D eigenvalue weighted by atomic mass is 9.95. The van der Waals surface area contributed by atoms with Crippen molar-refractivity contribution in [3.63, 3.8) is 0 Å². The van der Waals surface area contributed by atoms with Crippen LogP contribution >= 0.6 is 31.9 Å². The van der Waals surface area contributed by atoms with Gasteiger partial charge in [-0.05, 0) is 12.8 Å². The number of hydrogen-bond acceptors (Lipinski definition) is 2. The van der Waals surface area contributed by atoms with E-state index in [1.807, 2.05) is 0 Å². The molecule has 0 aliphatic heterocycles. The molecule has 0 bridgehead atoms. The van der Waals surface area contributed by atoms with E-state index in [2.05, 4.69) is 31.9 Å². The maximum Gasteiger partial charge on any atom is 0.0810 e. The molecule has 0 aromatic heterocycles. The SMILES string of the molecule is OC1CC(Br)C(Br)CC1O. The molecule has 0 heterocycles. The molecular weight excluding hydrogens is 264 g/mol. The van der Waals surface area contributed by atoms with Crippen LogP contribution in [0.25, 0.3) is 0 Å². The highest BCUT2D eigenvalue weighted by molar-refractivity contribution is 9.12. The van der Waals surface area contributed by atoms with Crippen molar-refractivity contribution in [3.8, 4) is 0 Å². The predicted molar refractivity (Wildman–Crippen MR) is 46.7 cm³/mol. The molecule has 0 radical (unpaired) electrons. The van der Waals surface area contributed by atoms with Gasteiger partial charge in [0.2, 0.25) is 0 Å². The summed E-state index contributed by atoms with van der Waals surface area (Å²) in [6, 6.07) is 0. The second-order valence-electron chi connectivity index (χ2n) is 2.64. The van der Waals surface area contributed by atoms with Gasteiger partial charge >= 0.3 is 0 Å². The summed E-state index contributed by atoms with van der Waals surface area (Å²) in [6.45, 7) is 0. The Morgan fingerprint density at radius 1 is 0.900 bits per heavy atom. The summed E-state index contributed by atoms with van der Waals surface area (Å²) in [5.41, 5.74) is 0. The van der Waals surface area contributed by atoms with Gasteiger partial charge in [-0.2, -0.15) is 0 Å². The molecule has 0 amide bonds. The quantitative estimate of drug-likeness (QED) is 0.648. The third-order valence-corrected chi connectivity index (χ3v) is 4.50. The third kappa shape index (κ3) is 1.94. The molecule has 1 fully saturated rings. The van der Waals surface area contributed by atoms with Crippen LogP contribution < -0.4 is 0 Å². The Morgan fingerprint density at radius 3 is 1.50 bits per heavy atom. The van der Waals surface area contributed by atoms with Crippen LogP contribution in [0.5, 0.6) is 0 Å². The molecule has 4 heteroatoms. The van der Waals surface area contributed by atoms with Crippen LogP contribution in [-0.2, 0) is 0 Å². The highest BCUT2D eigenvalue weighted by Gasteiger charge is 2.32. The van der Waals surface area contributed by atoms with Gasteiger partial charge in [-0.15, -0.1) is 0 Å². The van der Waals surface area contributed by atoms with E-state index in [9.17, 15) is 0 Å². The topological polar surface area (TPSA) is 40.5 Å². The maximum absolute atomic E-state index is 9.17. The maximum atomic E-state index is 9.17. The average molecular weight is 274 g/mol. The molecule has 0 spiro atoms. The Hall–Kier alpha value is 0.880. The second kappa shape index (κ2) is 3.52. The van der Waals surface area contributed by atoms with Gasteiger partial charge < -0.3 is 10.2 Å². The summed E-state index contributed by atoms with van der Waals surface area (Å²) < 4.78 is 0. The summed E-state index contributed by atoms with van der Waals surface area (Å²) in [6.07, 6.45) is 0.130. The fourth-order valence-electron chi connectivity index (χ4n) is 1.07. The standard InChI is InChI=1S/C6H10Br2O2/c7-3-1-5(9)6(10)2-4(3)8/h3-6,9-10H,1-2H2. The number of aliphatic hydroxyl groups excluding tert-OH is 2. The Balaban J connectivity index is 2.46. The van der Waals surface area contributed by atoms with Crippen LogP contribution in [0, 0.1) is 0 Å². The lowest BCUT2D eigenvalue weighted by Crippen LogP contribution is -2.39. The van der Waals surface area contributed by atoms with Gasteiger partial charge in [0.1, 0.15) is 0 Å². The van der Waals surface area contributed by atoms with E-state index < -0.39 is 12.2 Å². The number of alkyl halides is 2. The minimum Gasteiger partial charge on any atom is -0.390 e. The van der Waals surface area contributed by atoms with E-state index in [4.69, 9.17) is 10.2 Å². The Kier molecular flexibility index (Phi) is 3.16. The average Bonchev–Trinajstić information content (AvgIpc) is 1.84. The monoisotopic (exact) mass is 272 g/mol. The van der Waals surface area contributed by atoms with Gasteiger partial charge in [-0.3, -0.25) is 0 Å². The van der Waals surface area contributed by atoms with E-state index >= 15 is 0 Å². The molecule has 0 aromatic rings. The van der Waals surface area contributed by atoms with Crippen LogP contribution in [0.4, 0.5) is 0 Å². The van der Waals surface area contributed by atoms with Crippen molar-refractivity contribution in [2.24, 2.45) is 0 Å². The van der Waals surface area contributed by atoms with Crippen molar-refractivity contribution in [2.75, 3.05) is 0 Å². The summed E-state index contributed by atoms with van der Waals surface area (Å²) in [5.74, 6) is 0. The van der Waals surface area contributed by atoms with Crippen molar-refractivity contribution in [3.05, 3.63) is 0 Å². The Morgan fingerprint density at radius 2 is 1.20 bits per heavy atom. The summed E-state index contributed by atoms with van der Waals surface area (Å²) >= 11 is 6.81. The van der Waals surface area contributed by atoms with Gasteiger partial charge in [-0.1, -0.05) is 31.9 Å². The van der Waals surface area contributed by atoms with Crippen LogP contribution in [0.2, 0.25) is 0 Å². The fourth-order valence-corrected chi connectivity index (χ4v) is 2.27. The minimum atomic E-state index is -0.557. The van der Waals surface area contributed by atoms with E-state index in [1.165, 1.54) is 0 Å². The van der Waals surface area contributed by atoms with Crippen molar-refractivity contribution in [2.45, 2.75) is 34.7 Å². The molecule has 2 N–H and O–H groups in total. The first-order valence-corrected chi connectivity index (χ1v) is 5.08. The molecule has 0 saturated heterocycles. The first-order chi connectivity index (χ1) is 4.61. The fraction of sp³-hybridized carbons (Fsp3) is 1.00. The number of halogens is 2. The van der Waals surface area contributed by atoms with E-state index in [-0.39, 0.29) is 9.65 Å². The van der Waals surface area contributed by atoms with Crippen molar-refractivity contribution in [1.29, 1.82) is 0 Å². The van der Waals surface area contributed by atoms with E-state index in [0.29, 0.717) is 12.8 Å². The van der Waals surface area contributed by atoms with E-state index in [0.717, 1.165) is 0 Å². The zero-order valence-corrected chi connectivity index (χ0v) is 8.55. The Labute approximate surface area is 76.9 Å². The third-order valence-electron chi connectivity index (χ3n) is 1.77. The largest absolute Gasteiger partial charge is 0.390 e. The first kappa shape index (κ1) is 8.97. The highest BCUT2D eigenvalue weighted by Crippen LogP contribution is 2.30. The lowest BCUT2D eigenvalue weighted by molar-refractivity contribution is -0.00392. The first-order valence-electron chi connectivity index (χ1n) is 3.25. The van der Waals surface area contributed by atoms with Gasteiger partial charge in [0.25, 0.3) is 0 Å². The molecule has 1 saturated carbocycles. The predicted octanol–water partition coefficient (Wildman–Crippen LogP) is 1.03. The molecule has 4 unspecified atom stereocenters. The lowest BCUT2D eigenvalue weighted by Gasteiger charge is -2.30. The smallest absolute Gasteiger partial charge is 0.0810 e. The van der Waals surface area contributed by atoms with Gasteiger partial charge in [-0.25, -0.2) is 0 Å². The summed E-state index contributed by atoms with van der Waals surface area (Å²) in [4.78, 5) is 0.566. The number of aliphatic hydroxyl groups is 2. The molecule has 1 aliphatic rings. The van der Waals surface area contributed by atoms with Crippen LogP contribution in [0.3, 0.4) is 0 Å². The normalized spacial score (nSPS) is 49.2. The molecule has 2 nitrogen and oxygen atoms in total. The molecule has 1 aliphatic carbocycles. The molecule has 60 valence electrons. The highest BCUT2D eigenvalue weighted by atomic mass is 79.9. The van der Waals surface area contributed by atoms with E-state index in [1.54, 1.807) is 0 Å². The zero-order valence-electron chi connectivity index (χ0n) is 5.37. The number of rotatable bonds is 0. The van der Waals surface area contributed by atoms with Gasteiger partial charge in [0.05, 0.1) is 12.2 Å². The second-order valence-corrected chi connectivity index (χ2v) is 4.99.